The molecule has 1 heterocycles. The molecule has 0 aromatic rings. The first-order chi connectivity index (χ1) is 10.5. The molecule has 22 heavy (non-hydrogen) atoms. The van der Waals surface area contributed by atoms with Crippen LogP contribution >= 0.6 is 11.8 Å². The summed E-state index contributed by atoms with van der Waals surface area (Å²) in [6.45, 7) is -0.150. The number of nitrogens with one attached hydrogen (secondary N) is 2. The number of amides is 2. The lowest BCUT2D eigenvalue weighted by molar-refractivity contribution is -0.146. The Kier molecular flexibility index (Phi) is 6.11. The zero-order valence-electron chi connectivity index (χ0n) is 12.7. The monoisotopic (exact) mass is 328 g/mol. The van der Waals surface area contributed by atoms with E-state index in [4.69, 9.17) is 0 Å². The Morgan fingerprint density at radius 1 is 1.18 bits per heavy atom. The van der Waals surface area contributed by atoms with E-state index in [1.165, 1.54) is 37.4 Å². The lowest BCUT2D eigenvalue weighted by Crippen LogP contribution is -2.56. The normalized spacial score (nSPS) is 25.1. The van der Waals surface area contributed by atoms with Crippen LogP contribution in [0, 0.1) is 5.92 Å². The molecule has 2 fully saturated rings. The number of hydrogen-bond acceptors (Lipinski definition) is 4. The van der Waals surface area contributed by atoms with Crippen molar-refractivity contribution in [2.24, 2.45) is 5.92 Å². The van der Waals surface area contributed by atoms with Gasteiger partial charge in [-0.15, -0.1) is 0 Å². The van der Waals surface area contributed by atoms with Crippen molar-refractivity contribution in [1.82, 2.24) is 10.6 Å². The van der Waals surface area contributed by atoms with E-state index in [-0.39, 0.29) is 12.5 Å². The molecule has 1 aliphatic heterocycles. The fourth-order valence-corrected chi connectivity index (χ4v) is 4.42. The summed E-state index contributed by atoms with van der Waals surface area (Å²) in [4.78, 5) is 34.9. The number of rotatable bonds is 7. The summed E-state index contributed by atoms with van der Waals surface area (Å²) in [6, 6.07) is 0. The van der Waals surface area contributed by atoms with Crippen LogP contribution in [-0.4, -0.2) is 46.5 Å². The van der Waals surface area contributed by atoms with E-state index >= 15 is 0 Å². The van der Waals surface area contributed by atoms with Gasteiger partial charge in [-0.3, -0.25) is 9.59 Å². The van der Waals surface area contributed by atoms with Crippen LogP contribution in [0.2, 0.25) is 0 Å². The van der Waals surface area contributed by atoms with Gasteiger partial charge in [0.05, 0.1) is 6.54 Å². The Hall–Kier alpha value is -1.24. The minimum absolute atomic E-state index is 0.132. The fourth-order valence-electron chi connectivity index (χ4n) is 3.10. The Balaban J connectivity index is 1.68. The van der Waals surface area contributed by atoms with Crippen LogP contribution in [-0.2, 0) is 14.4 Å². The molecule has 124 valence electrons. The van der Waals surface area contributed by atoms with Crippen molar-refractivity contribution in [3.05, 3.63) is 0 Å². The largest absolute Gasteiger partial charge is 0.479 e. The number of carboxylic acid groups (broad SMARTS) is 1. The average molecular weight is 328 g/mol. The Bertz CT molecular complexity index is 429. The van der Waals surface area contributed by atoms with Crippen LogP contribution in [0.4, 0.5) is 0 Å². The zero-order chi connectivity index (χ0) is 16.0. The van der Waals surface area contributed by atoms with Crippen LogP contribution in [0.25, 0.3) is 0 Å². The maximum atomic E-state index is 11.9. The van der Waals surface area contributed by atoms with E-state index in [9.17, 15) is 19.5 Å². The third-order valence-electron chi connectivity index (χ3n) is 4.51. The van der Waals surface area contributed by atoms with Crippen LogP contribution in [0.1, 0.15) is 44.9 Å². The standard InChI is InChI=1S/C15H24N2O4S/c18-12(6-5-11-3-1-2-4-11)16-9-13(19)17-15(14(20)21)7-8-22-10-15/h11H,1-10H2,(H,16,18)(H,17,19)(H,20,21). The lowest BCUT2D eigenvalue weighted by Gasteiger charge is -2.24. The van der Waals surface area contributed by atoms with Crippen LogP contribution < -0.4 is 10.6 Å². The van der Waals surface area contributed by atoms with E-state index in [0.29, 0.717) is 24.5 Å². The van der Waals surface area contributed by atoms with Gasteiger partial charge >= 0.3 is 5.97 Å². The second-order valence-electron chi connectivity index (χ2n) is 6.20. The van der Waals surface area contributed by atoms with Crippen LogP contribution in [0.3, 0.4) is 0 Å². The molecule has 0 aromatic heterocycles. The summed E-state index contributed by atoms with van der Waals surface area (Å²) < 4.78 is 0. The second-order valence-corrected chi connectivity index (χ2v) is 7.31. The Morgan fingerprint density at radius 2 is 1.91 bits per heavy atom. The first-order valence-electron chi connectivity index (χ1n) is 7.91. The zero-order valence-corrected chi connectivity index (χ0v) is 13.5. The van der Waals surface area contributed by atoms with Crippen molar-refractivity contribution < 1.29 is 19.5 Å². The summed E-state index contributed by atoms with van der Waals surface area (Å²) in [5.41, 5.74) is -1.17. The molecule has 1 unspecified atom stereocenters. The number of carboxylic acids is 1. The van der Waals surface area contributed by atoms with E-state index < -0.39 is 17.4 Å². The fraction of sp³-hybridized carbons (Fsp3) is 0.800. The van der Waals surface area contributed by atoms with Gasteiger partial charge in [0.1, 0.15) is 5.54 Å². The van der Waals surface area contributed by atoms with Gasteiger partial charge in [-0.05, 0) is 24.5 Å². The van der Waals surface area contributed by atoms with Gasteiger partial charge in [-0.2, -0.15) is 11.8 Å². The van der Waals surface area contributed by atoms with Crippen molar-refractivity contribution in [3.8, 4) is 0 Å². The highest BCUT2D eigenvalue weighted by Gasteiger charge is 2.43. The number of aliphatic carboxylic acids is 1. The number of carbonyl (C=O) groups excluding carboxylic acids is 2. The van der Waals surface area contributed by atoms with Crippen LogP contribution in [0.15, 0.2) is 0 Å². The van der Waals surface area contributed by atoms with Gasteiger partial charge in [0.2, 0.25) is 11.8 Å². The molecule has 1 saturated carbocycles. The molecule has 0 spiro atoms. The van der Waals surface area contributed by atoms with Gasteiger partial charge < -0.3 is 15.7 Å². The minimum atomic E-state index is -1.17. The SMILES string of the molecule is O=C(CCC1CCCC1)NCC(=O)NC1(C(=O)O)CCSC1. The summed E-state index contributed by atoms with van der Waals surface area (Å²) >= 11 is 1.52. The first kappa shape index (κ1) is 17.1. The molecule has 0 radical (unpaired) electrons. The highest BCUT2D eigenvalue weighted by atomic mass is 32.2. The lowest BCUT2D eigenvalue weighted by atomic mass is 9.99. The number of thioether (sulfide) groups is 1. The predicted octanol–water partition coefficient (Wildman–Crippen LogP) is 1.15. The predicted molar refractivity (Wildman–Crippen MR) is 84.7 cm³/mol. The van der Waals surface area contributed by atoms with Gasteiger partial charge in [0, 0.05) is 12.2 Å². The molecule has 7 heteroatoms. The van der Waals surface area contributed by atoms with Crippen molar-refractivity contribution >= 4 is 29.5 Å². The highest BCUT2D eigenvalue weighted by molar-refractivity contribution is 7.99. The molecular weight excluding hydrogens is 304 g/mol. The van der Waals surface area contributed by atoms with Crippen molar-refractivity contribution in [1.29, 1.82) is 0 Å². The Morgan fingerprint density at radius 3 is 2.50 bits per heavy atom. The molecule has 2 amide bonds. The molecular formula is C15H24N2O4S. The molecule has 3 N–H and O–H groups in total. The summed E-state index contributed by atoms with van der Waals surface area (Å²) in [5.74, 6) is 0.180. The highest BCUT2D eigenvalue weighted by Crippen LogP contribution is 2.29. The van der Waals surface area contributed by atoms with E-state index in [2.05, 4.69) is 10.6 Å². The second kappa shape index (κ2) is 7.85. The van der Waals surface area contributed by atoms with Gasteiger partial charge in [-0.25, -0.2) is 4.79 Å². The first-order valence-corrected chi connectivity index (χ1v) is 9.06. The van der Waals surface area contributed by atoms with E-state index in [1.807, 2.05) is 0 Å². The molecule has 0 bridgehead atoms. The van der Waals surface area contributed by atoms with E-state index in [1.54, 1.807) is 0 Å². The van der Waals surface area contributed by atoms with Crippen molar-refractivity contribution in [3.63, 3.8) is 0 Å². The topological polar surface area (TPSA) is 95.5 Å². The van der Waals surface area contributed by atoms with Crippen molar-refractivity contribution in [2.75, 3.05) is 18.1 Å². The van der Waals surface area contributed by atoms with E-state index in [0.717, 1.165) is 12.2 Å². The maximum absolute atomic E-state index is 11.9. The number of hydrogen-bond donors (Lipinski definition) is 3. The third-order valence-corrected chi connectivity index (χ3v) is 5.70. The molecule has 1 atom stereocenters. The molecule has 2 rings (SSSR count). The van der Waals surface area contributed by atoms with Gasteiger partial charge in [0.25, 0.3) is 0 Å². The molecule has 0 aromatic carbocycles. The molecule has 1 saturated heterocycles. The maximum Gasteiger partial charge on any atom is 0.330 e. The molecule has 6 nitrogen and oxygen atoms in total. The Labute approximate surface area is 134 Å². The van der Waals surface area contributed by atoms with Gasteiger partial charge in [-0.1, -0.05) is 25.7 Å². The minimum Gasteiger partial charge on any atom is -0.479 e. The quantitative estimate of drug-likeness (QED) is 0.651. The summed E-state index contributed by atoms with van der Waals surface area (Å²) in [5, 5.41) is 14.4. The third kappa shape index (κ3) is 4.63. The summed E-state index contributed by atoms with van der Waals surface area (Å²) in [6.07, 6.45) is 6.66. The van der Waals surface area contributed by atoms with Gasteiger partial charge in [0.15, 0.2) is 0 Å². The molecule has 2 aliphatic rings. The number of carbonyl (C=O) groups is 3. The summed E-state index contributed by atoms with van der Waals surface area (Å²) in [7, 11) is 0. The molecule has 1 aliphatic carbocycles. The van der Waals surface area contributed by atoms with Crippen LogP contribution in [0.5, 0.6) is 0 Å². The van der Waals surface area contributed by atoms with Crippen molar-refractivity contribution in [2.45, 2.75) is 50.5 Å². The average Bonchev–Trinajstić information content (AvgIpc) is 3.14. The smallest absolute Gasteiger partial charge is 0.330 e.